The molecule has 0 unspecified atom stereocenters. The molecule has 96 valence electrons. The van der Waals surface area contributed by atoms with Crippen molar-refractivity contribution in [3.63, 3.8) is 0 Å². The molecule has 16 heavy (non-hydrogen) atoms. The van der Waals surface area contributed by atoms with Gasteiger partial charge in [-0.3, -0.25) is 4.55 Å². The minimum absolute atomic E-state index is 0.670. The van der Waals surface area contributed by atoms with Gasteiger partial charge in [-0.2, -0.15) is 8.42 Å². The summed E-state index contributed by atoms with van der Waals surface area (Å²) in [6.45, 7) is -0.670. The average molecular weight is 259 g/mol. The molecule has 6 N–H and O–H groups in total. The molecule has 1 rings (SSSR count). The van der Waals surface area contributed by atoms with Crippen LogP contribution in [-0.4, -0.2) is 65.5 Å². The quantitative estimate of drug-likeness (QED) is 0.325. The van der Waals surface area contributed by atoms with E-state index >= 15 is 0 Å². The monoisotopic (exact) mass is 259 g/mol. The fraction of sp³-hybridized carbons (Fsp3) is 1.00. The number of rotatable bonds is 3. The third-order valence-corrected chi connectivity index (χ3v) is 2.58. The highest BCUT2D eigenvalue weighted by molar-refractivity contribution is 7.80. The number of aliphatic hydroxyl groups excluding tert-OH is 3. The molecule has 0 aliphatic carbocycles. The van der Waals surface area contributed by atoms with Gasteiger partial charge in [0.15, 0.2) is 6.29 Å². The second kappa shape index (κ2) is 4.89. The second-order valence-corrected chi connectivity index (χ2v) is 4.36. The standard InChI is InChI=1S/C6H13NO8S/c7-3-5(10)4(9)2(1-8)14-6(3)15-16(11,12)13/h2-6,8-10H,1,7H2,(H,11,12,13)/t2-,3-,4-,5-,6+/m1/s1. The van der Waals surface area contributed by atoms with E-state index in [1.807, 2.05) is 0 Å². The highest BCUT2D eigenvalue weighted by Crippen LogP contribution is 2.21. The summed E-state index contributed by atoms with van der Waals surface area (Å²) >= 11 is 0. The fourth-order valence-electron chi connectivity index (χ4n) is 1.31. The SMILES string of the molecule is N[C@H]1[C@H](OS(=O)(=O)O)O[C@H](CO)[C@@H](O)[C@@H]1O. The normalized spacial score (nSPS) is 40.9. The van der Waals surface area contributed by atoms with Crippen LogP contribution in [-0.2, 0) is 19.3 Å². The van der Waals surface area contributed by atoms with Crippen molar-refractivity contribution in [1.82, 2.24) is 0 Å². The Balaban J connectivity index is 2.79. The Hall–Kier alpha value is -0.330. The first-order valence-electron chi connectivity index (χ1n) is 4.30. The van der Waals surface area contributed by atoms with Crippen molar-refractivity contribution in [2.75, 3.05) is 6.61 Å². The zero-order chi connectivity index (χ0) is 12.5. The highest BCUT2D eigenvalue weighted by atomic mass is 32.3. The minimum atomic E-state index is -4.81. The fourth-order valence-corrected chi connectivity index (χ4v) is 1.72. The summed E-state index contributed by atoms with van der Waals surface area (Å²) in [6, 6.07) is -1.38. The molecule has 0 aromatic heterocycles. The van der Waals surface area contributed by atoms with Crippen LogP contribution in [0.5, 0.6) is 0 Å². The third-order valence-electron chi connectivity index (χ3n) is 2.14. The molecule has 1 aliphatic heterocycles. The summed E-state index contributed by atoms with van der Waals surface area (Å²) in [7, 11) is -4.81. The summed E-state index contributed by atoms with van der Waals surface area (Å²) < 4.78 is 38.0. The van der Waals surface area contributed by atoms with Crippen LogP contribution in [0.3, 0.4) is 0 Å². The van der Waals surface area contributed by atoms with E-state index in [9.17, 15) is 18.6 Å². The van der Waals surface area contributed by atoms with Crippen molar-refractivity contribution in [2.45, 2.75) is 30.6 Å². The smallest absolute Gasteiger partial charge is 0.394 e. The third kappa shape index (κ3) is 3.09. The molecule has 1 fully saturated rings. The van der Waals surface area contributed by atoms with Crippen LogP contribution in [0, 0.1) is 0 Å². The van der Waals surface area contributed by atoms with Gasteiger partial charge in [0.2, 0.25) is 0 Å². The number of hydrogen-bond acceptors (Lipinski definition) is 8. The molecular weight excluding hydrogens is 246 g/mol. The summed E-state index contributed by atoms with van der Waals surface area (Å²) in [4.78, 5) is 0. The van der Waals surface area contributed by atoms with Crippen molar-refractivity contribution >= 4 is 10.4 Å². The maximum atomic E-state index is 10.4. The van der Waals surface area contributed by atoms with E-state index in [1.165, 1.54) is 0 Å². The Labute approximate surface area is 91.3 Å². The van der Waals surface area contributed by atoms with E-state index in [4.69, 9.17) is 20.1 Å². The Kier molecular flexibility index (Phi) is 4.20. The number of hydrogen-bond donors (Lipinski definition) is 5. The maximum Gasteiger partial charge on any atom is 0.399 e. The lowest BCUT2D eigenvalue weighted by Crippen LogP contribution is -2.62. The number of aliphatic hydroxyl groups is 3. The average Bonchev–Trinajstić information content (AvgIpc) is 2.17. The van der Waals surface area contributed by atoms with Gasteiger partial charge in [0.1, 0.15) is 18.3 Å². The first-order chi connectivity index (χ1) is 7.26. The lowest BCUT2D eigenvalue weighted by atomic mass is 9.98. The first kappa shape index (κ1) is 13.7. The van der Waals surface area contributed by atoms with Crippen LogP contribution in [0.25, 0.3) is 0 Å². The summed E-state index contributed by atoms with van der Waals surface area (Å²) in [6.07, 6.45) is -5.94. The Morgan fingerprint density at radius 3 is 2.31 bits per heavy atom. The van der Waals surface area contributed by atoms with Gasteiger partial charge in [-0.25, -0.2) is 4.18 Å². The van der Waals surface area contributed by atoms with E-state index in [0.29, 0.717) is 0 Å². The molecule has 5 atom stereocenters. The van der Waals surface area contributed by atoms with E-state index in [0.717, 1.165) is 0 Å². The predicted molar refractivity (Wildman–Crippen MR) is 48.4 cm³/mol. The van der Waals surface area contributed by atoms with E-state index in [-0.39, 0.29) is 0 Å². The summed E-state index contributed by atoms with van der Waals surface area (Å²) in [5.74, 6) is 0. The van der Waals surface area contributed by atoms with Gasteiger partial charge >= 0.3 is 10.4 Å². The van der Waals surface area contributed by atoms with Crippen LogP contribution in [0.15, 0.2) is 0 Å². The Morgan fingerprint density at radius 2 is 1.88 bits per heavy atom. The molecule has 0 radical (unpaired) electrons. The van der Waals surface area contributed by atoms with E-state index < -0.39 is 47.6 Å². The number of nitrogens with two attached hydrogens (primary N) is 1. The molecule has 0 amide bonds. The van der Waals surface area contributed by atoms with E-state index in [2.05, 4.69) is 4.18 Å². The van der Waals surface area contributed by atoms with E-state index in [1.54, 1.807) is 0 Å². The van der Waals surface area contributed by atoms with Gasteiger partial charge in [0.05, 0.1) is 12.6 Å². The van der Waals surface area contributed by atoms with Crippen LogP contribution in [0.1, 0.15) is 0 Å². The van der Waals surface area contributed by atoms with Crippen LogP contribution in [0.4, 0.5) is 0 Å². The van der Waals surface area contributed by atoms with Crippen molar-refractivity contribution in [3.05, 3.63) is 0 Å². The molecule has 1 saturated heterocycles. The maximum absolute atomic E-state index is 10.4. The van der Waals surface area contributed by atoms with Crippen molar-refractivity contribution in [1.29, 1.82) is 0 Å². The zero-order valence-corrected chi connectivity index (χ0v) is 8.82. The molecule has 0 aromatic rings. The molecular formula is C6H13NO8S. The van der Waals surface area contributed by atoms with Crippen molar-refractivity contribution in [2.24, 2.45) is 5.73 Å². The molecule has 1 heterocycles. The summed E-state index contributed by atoms with van der Waals surface area (Å²) in [5, 5.41) is 27.5. The molecule has 9 nitrogen and oxygen atoms in total. The van der Waals surface area contributed by atoms with Gasteiger partial charge in [-0.15, -0.1) is 0 Å². The van der Waals surface area contributed by atoms with Crippen molar-refractivity contribution < 1.29 is 37.2 Å². The molecule has 0 spiro atoms. The predicted octanol–water partition coefficient (Wildman–Crippen LogP) is -3.43. The number of ether oxygens (including phenoxy) is 1. The molecule has 0 aromatic carbocycles. The molecule has 1 aliphatic rings. The molecule has 0 bridgehead atoms. The Bertz CT molecular complexity index is 329. The topological polar surface area (TPSA) is 160 Å². The van der Waals surface area contributed by atoms with Crippen LogP contribution in [0.2, 0.25) is 0 Å². The van der Waals surface area contributed by atoms with Gasteiger partial charge in [0.25, 0.3) is 0 Å². The van der Waals surface area contributed by atoms with Crippen LogP contribution < -0.4 is 5.73 Å². The van der Waals surface area contributed by atoms with Gasteiger partial charge in [-0.1, -0.05) is 0 Å². The second-order valence-electron chi connectivity index (χ2n) is 3.31. The Morgan fingerprint density at radius 1 is 1.31 bits per heavy atom. The lowest BCUT2D eigenvalue weighted by molar-refractivity contribution is -0.239. The molecule has 0 saturated carbocycles. The van der Waals surface area contributed by atoms with Gasteiger partial charge in [-0.05, 0) is 0 Å². The zero-order valence-electron chi connectivity index (χ0n) is 8.00. The first-order valence-corrected chi connectivity index (χ1v) is 5.66. The lowest BCUT2D eigenvalue weighted by Gasteiger charge is -2.39. The largest absolute Gasteiger partial charge is 0.399 e. The molecule has 10 heteroatoms. The summed E-state index contributed by atoms with van der Waals surface area (Å²) in [5.41, 5.74) is 5.32. The highest BCUT2D eigenvalue weighted by Gasteiger charge is 2.44. The van der Waals surface area contributed by atoms with Gasteiger partial charge < -0.3 is 25.8 Å². The minimum Gasteiger partial charge on any atom is -0.394 e. The van der Waals surface area contributed by atoms with Gasteiger partial charge in [0, 0.05) is 0 Å². The van der Waals surface area contributed by atoms with Crippen molar-refractivity contribution in [3.8, 4) is 0 Å². The van der Waals surface area contributed by atoms with Crippen LogP contribution >= 0.6 is 0 Å².